The number of pyridine rings is 2. The van der Waals surface area contributed by atoms with E-state index in [1.165, 1.54) is 25.4 Å². The summed E-state index contributed by atoms with van der Waals surface area (Å²) in [6.45, 7) is 0. The zero-order chi connectivity index (χ0) is 19.4. The van der Waals surface area contributed by atoms with Crippen LogP contribution in [0.25, 0.3) is 0 Å². The van der Waals surface area contributed by atoms with Crippen molar-refractivity contribution in [1.29, 1.82) is 0 Å². The van der Waals surface area contributed by atoms with Crippen molar-refractivity contribution in [2.75, 3.05) is 20.0 Å². The highest BCUT2D eigenvalue weighted by molar-refractivity contribution is 5.50. The Kier molecular flexibility index (Phi) is 5.35. The number of nitrogens with zero attached hydrogens (tertiary/aromatic N) is 2. The van der Waals surface area contributed by atoms with Gasteiger partial charge in [0.25, 0.3) is 0 Å². The van der Waals surface area contributed by atoms with E-state index < -0.39 is 11.6 Å². The molecule has 0 bridgehead atoms. The Bertz CT molecular complexity index is 950. The van der Waals surface area contributed by atoms with Crippen LogP contribution in [0.15, 0.2) is 42.7 Å². The molecule has 0 amide bonds. The zero-order valence-electron chi connectivity index (χ0n) is 14.7. The summed E-state index contributed by atoms with van der Waals surface area (Å²) in [6, 6.07) is 7.72. The molecule has 0 saturated heterocycles. The quantitative estimate of drug-likeness (QED) is 0.709. The molecule has 0 fully saturated rings. The molecule has 0 unspecified atom stereocenters. The lowest BCUT2D eigenvalue weighted by molar-refractivity contribution is 0.391. The first-order valence-corrected chi connectivity index (χ1v) is 7.95. The van der Waals surface area contributed by atoms with Gasteiger partial charge in [0.15, 0.2) is 17.4 Å². The first kappa shape index (κ1) is 18.4. The van der Waals surface area contributed by atoms with Gasteiger partial charge in [-0.2, -0.15) is 0 Å². The van der Waals surface area contributed by atoms with E-state index in [4.69, 9.17) is 19.9 Å². The van der Waals surface area contributed by atoms with Crippen molar-refractivity contribution in [2.24, 2.45) is 0 Å². The molecule has 2 aromatic heterocycles. The monoisotopic (exact) mass is 373 g/mol. The number of aromatic nitrogens is 2. The highest BCUT2D eigenvalue weighted by atomic mass is 19.1. The highest BCUT2D eigenvalue weighted by Crippen LogP contribution is 2.33. The Hall–Kier alpha value is -3.42. The number of nitrogens with two attached hydrogens (primary N) is 1. The third-order valence-corrected chi connectivity index (χ3v) is 3.88. The third-order valence-electron chi connectivity index (χ3n) is 3.88. The molecule has 2 N–H and O–H groups in total. The lowest BCUT2D eigenvalue weighted by atomic mass is 10.0. The molecule has 3 aromatic rings. The van der Waals surface area contributed by atoms with E-state index in [0.717, 1.165) is 6.20 Å². The van der Waals surface area contributed by atoms with Gasteiger partial charge in [0.05, 0.1) is 26.6 Å². The Morgan fingerprint density at radius 2 is 1.78 bits per heavy atom. The predicted molar refractivity (Wildman–Crippen MR) is 95.2 cm³/mol. The van der Waals surface area contributed by atoms with Gasteiger partial charge >= 0.3 is 0 Å². The molecule has 1 aromatic carbocycles. The van der Waals surface area contributed by atoms with Crippen LogP contribution in [0.1, 0.15) is 11.1 Å². The number of anilines is 1. The highest BCUT2D eigenvalue weighted by Gasteiger charge is 2.18. The minimum Gasteiger partial charge on any atom is -0.497 e. The molecular weight excluding hydrogens is 356 g/mol. The first-order valence-electron chi connectivity index (χ1n) is 7.95. The van der Waals surface area contributed by atoms with Crippen LogP contribution in [0.5, 0.6) is 23.1 Å². The fourth-order valence-corrected chi connectivity index (χ4v) is 2.50. The SMILES string of the molecule is COc1ccc(Cc2c(Oc3ccc(F)cn3)cnc(N)c2F)c(OC)c1. The molecular formula is C19H17F2N3O3. The summed E-state index contributed by atoms with van der Waals surface area (Å²) in [7, 11) is 3.05. The standard InChI is InChI=1S/C19H17F2N3O3/c1-25-13-5-3-11(15(8-13)26-2)7-14-16(10-24-19(22)18(14)21)27-17-6-4-12(20)9-23-17/h3-6,8-10H,7H2,1-2H3,(H2,22,24). The van der Waals surface area contributed by atoms with Gasteiger partial charge in [-0.1, -0.05) is 6.07 Å². The topological polar surface area (TPSA) is 79.5 Å². The van der Waals surface area contributed by atoms with Crippen molar-refractivity contribution in [3.63, 3.8) is 0 Å². The summed E-state index contributed by atoms with van der Waals surface area (Å²) >= 11 is 0. The number of halogens is 2. The van der Waals surface area contributed by atoms with Crippen LogP contribution in [0.3, 0.4) is 0 Å². The Labute approximate surface area is 154 Å². The van der Waals surface area contributed by atoms with E-state index in [-0.39, 0.29) is 29.4 Å². The molecule has 0 aliphatic rings. The number of benzene rings is 1. The number of hydrogen-bond donors (Lipinski definition) is 1. The lowest BCUT2D eigenvalue weighted by Gasteiger charge is -2.14. The summed E-state index contributed by atoms with van der Waals surface area (Å²) in [5.41, 5.74) is 6.49. The molecule has 0 aliphatic heterocycles. The number of rotatable bonds is 6. The number of hydrogen-bond acceptors (Lipinski definition) is 6. The fraction of sp³-hybridized carbons (Fsp3) is 0.158. The number of ether oxygens (including phenoxy) is 3. The smallest absolute Gasteiger partial charge is 0.219 e. The van der Waals surface area contributed by atoms with Crippen molar-refractivity contribution in [3.8, 4) is 23.1 Å². The molecule has 140 valence electrons. The van der Waals surface area contributed by atoms with Gasteiger partial charge in [-0.25, -0.2) is 18.7 Å². The molecule has 0 saturated carbocycles. The number of nitrogen functional groups attached to an aromatic ring is 1. The average molecular weight is 373 g/mol. The van der Waals surface area contributed by atoms with Crippen LogP contribution in [0.2, 0.25) is 0 Å². The molecule has 27 heavy (non-hydrogen) atoms. The summed E-state index contributed by atoms with van der Waals surface area (Å²) < 4.78 is 43.8. The maximum atomic E-state index is 14.7. The molecule has 0 radical (unpaired) electrons. The lowest BCUT2D eigenvalue weighted by Crippen LogP contribution is -2.05. The maximum Gasteiger partial charge on any atom is 0.219 e. The van der Waals surface area contributed by atoms with E-state index in [1.54, 1.807) is 25.3 Å². The minimum atomic E-state index is -0.701. The maximum absolute atomic E-state index is 14.7. The van der Waals surface area contributed by atoms with Crippen molar-refractivity contribution in [2.45, 2.75) is 6.42 Å². The summed E-state index contributed by atoms with van der Waals surface area (Å²) in [4.78, 5) is 7.60. The van der Waals surface area contributed by atoms with Gasteiger partial charge in [-0.3, -0.25) is 0 Å². The van der Waals surface area contributed by atoms with E-state index >= 15 is 0 Å². The van der Waals surface area contributed by atoms with Crippen LogP contribution in [-0.4, -0.2) is 24.2 Å². The van der Waals surface area contributed by atoms with Gasteiger partial charge in [-0.15, -0.1) is 0 Å². The van der Waals surface area contributed by atoms with Gasteiger partial charge in [0.1, 0.15) is 17.3 Å². The second-order valence-electron chi connectivity index (χ2n) is 5.57. The van der Waals surface area contributed by atoms with E-state index in [1.807, 2.05) is 0 Å². The van der Waals surface area contributed by atoms with Gasteiger partial charge < -0.3 is 19.9 Å². The average Bonchev–Trinajstić information content (AvgIpc) is 2.69. The molecule has 8 heteroatoms. The van der Waals surface area contributed by atoms with Gasteiger partial charge in [0.2, 0.25) is 5.88 Å². The van der Waals surface area contributed by atoms with Crippen LogP contribution in [-0.2, 0) is 6.42 Å². The zero-order valence-corrected chi connectivity index (χ0v) is 14.7. The second kappa shape index (κ2) is 7.86. The molecule has 2 heterocycles. The van der Waals surface area contributed by atoms with Crippen molar-refractivity contribution >= 4 is 5.82 Å². The van der Waals surface area contributed by atoms with Crippen molar-refractivity contribution < 1.29 is 23.0 Å². The summed E-state index contributed by atoms with van der Waals surface area (Å²) in [5.74, 6) is -0.104. The Morgan fingerprint density at radius 1 is 0.963 bits per heavy atom. The van der Waals surface area contributed by atoms with Crippen LogP contribution in [0, 0.1) is 11.6 Å². The summed E-state index contributed by atoms with van der Waals surface area (Å²) in [6.07, 6.45) is 2.43. The molecule has 6 nitrogen and oxygen atoms in total. The van der Waals surface area contributed by atoms with Crippen LogP contribution < -0.4 is 19.9 Å². The third kappa shape index (κ3) is 4.05. The van der Waals surface area contributed by atoms with Gasteiger partial charge in [-0.05, 0) is 17.7 Å². The molecule has 0 spiro atoms. The van der Waals surface area contributed by atoms with Crippen LogP contribution >= 0.6 is 0 Å². The Balaban J connectivity index is 1.99. The fourth-order valence-electron chi connectivity index (χ4n) is 2.50. The molecule has 3 rings (SSSR count). The molecule has 0 atom stereocenters. The van der Waals surface area contributed by atoms with Crippen molar-refractivity contribution in [1.82, 2.24) is 9.97 Å². The minimum absolute atomic E-state index is 0.102. The first-order chi connectivity index (χ1) is 13.0. The second-order valence-corrected chi connectivity index (χ2v) is 5.57. The normalized spacial score (nSPS) is 10.5. The van der Waals surface area contributed by atoms with E-state index in [0.29, 0.717) is 17.1 Å². The van der Waals surface area contributed by atoms with Gasteiger partial charge in [0, 0.05) is 24.1 Å². The summed E-state index contributed by atoms with van der Waals surface area (Å²) in [5, 5.41) is 0. The van der Waals surface area contributed by atoms with E-state index in [9.17, 15) is 8.78 Å². The van der Waals surface area contributed by atoms with E-state index in [2.05, 4.69) is 9.97 Å². The largest absolute Gasteiger partial charge is 0.497 e. The molecule has 0 aliphatic carbocycles. The van der Waals surface area contributed by atoms with Crippen LogP contribution in [0.4, 0.5) is 14.6 Å². The predicted octanol–water partition coefficient (Wildman–Crippen LogP) is 3.74. The Morgan fingerprint density at radius 3 is 2.44 bits per heavy atom. The van der Waals surface area contributed by atoms with Crippen molar-refractivity contribution in [3.05, 3.63) is 65.5 Å². The number of methoxy groups -OCH3 is 2.